The van der Waals surface area contributed by atoms with E-state index in [4.69, 9.17) is 28.8 Å². The number of carbonyl (C=O) groups is 2. The van der Waals surface area contributed by atoms with Gasteiger partial charge in [0.05, 0.1) is 52.8 Å². The van der Waals surface area contributed by atoms with E-state index in [1.54, 1.807) is 50.3 Å². The Morgan fingerprint density at radius 3 is 2.45 bits per heavy atom. The third-order valence-electron chi connectivity index (χ3n) is 6.21. The highest BCUT2D eigenvalue weighted by atomic mass is 127. The summed E-state index contributed by atoms with van der Waals surface area (Å²) in [6.45, 7) is 5.31. The Labute approximate surface area is 258 Å². The third kappa shape index (κ3) is 6.31. The molecule has 0 saturated carbocycles. The SMILES string of the molecule is CCOC(=O)C1=C(C)N=c2s/c(=C\c3cc(I)c(OCC(=O)O)c(OC)c3)c(=O)n2[C@@H]1c1ccc(OC)c(OCC)c1. The number of benzene rings is 2. The van der Waals surface area contributed by atoms with Gasteiger partial charge in [-0.2, -0.15) is 0 Å². The summed E-state index contributed by atoms with van der Waals surface area (Å²) < 4.78 is 29.9. The van der Waals surface area contributed by atoms with E-state index < -0.39 is 24.6 Å². The highest BCUT2D eigenvalue weighted by Gasteiger charge is 2.34. The summed E-state index contributed by atoms with van der Waals surface area (Å²) in [6, 6.07) is 7.85. The second-order valence-electron chi connectivity index (χ2n) is 8.86. The van der Waals surface area contributed by atoms with Gasteiger partial charge in [0.25, 0.3) is 5.56 Å². The molecule has 0 fully saturated rings. The predicted octanol–water partition coefficient (Wildman–Crippen LogP) is 3.28. The van der Waals surface area contributed by atoms with Crippen LogP contribution in [0.5, 0.6) is 23.0 Å². The van der Waals surface area contributed by atoms with Crippen LogP contribution in [0, 0.1) is 3.57 Å². The number of thiazole rings is 1. The van der Waals surface area contributed by atoms with E-state index in [-0.39, 0.29) is 17.7 Å². The number of halogens is 1. The number of rotatable bonds is 11. The molecule has 0 amide bonds. The van der Waals surface area contributed by atoms with Crippen molar-refractivity contribution >= 4 is 51.9 Å². The van der Waals surface area contributed by atoms with Crippen LogP contribution in [-0.4, -0.2) is 55.7 Å². The molecule has 4 rings (SSSR count). The second-order valence-corrected chi connectivity index (χ2v) is 11.0. The summed E-state index contributed by atoms with van der Waals surface area (Å²) in [5.41, 5.74) is 1.59. The van der Waals surface area contributed by atoms with Crippen molar-refractivity contribution < 1.29 is 38.4 Å². The van der Waals surface area contributed by atoms with Crippen molar-refractivity contribution in [3.05, 3.63) is 76.0 Å². The van der Waals surface area contributed by atoms with Crippen molar-refractivity contribution in [2.45, 2.75) is 26.8 Å². The van der Waals surface area contributed by atoms with Gasteiger partial charge in [-0.1, -0.05) is 17.4 Å². The first-order valence-corrected chi connectivity index (χ1v) is 14.7. The molecule has 2 aromatic carbocycles. The number of esters is 1. The lowest BCUT2D eigenvalue weighted by Crippen LogP contribution is -2.40. The van der Waals surface area contributed by atoms with E-state index in [1.165, 1.54) is 30.1 Å². The van der Waals surface area contributed by atoms with Gasteiger partial charge < -0.3 is 28.8 Å². The van der Waals surface area contributed by atoms with Crippen LogP contribution in [0.4, 0.5) is 0 Å². The number of allylic oxidation sites excluding steroid dienone is 1. The Kier molecular flexibility index (Phi) is 9.93. The van der Waals surface area contributed by atoms with Crippen molar-refractivity contribution in [2.24, 2.45) is 4.99 Å². The zero-order valence-electron chi connectivity index (χ0n) is 23.6. The van der Waals surface area contributed by atoms with E-state index in [9.17, 15) is 14.4 Å². The number of hydrogen-bond donors (Lipinski definition) is 1. The van der Waals surface area contributed by atoms with Crippen molar-refractivity contribution in [3.8, 4) is 23.0 Å². The number of carboxylic acid groups (broad SMARTS) is 1. The summed E-state index contributed by atoms with van der Waals surface area (Å²) in [4.78, 5) is 43.2. The molecule has 13 heteroatoms. The van der Waals surface area contributed by atoms with E-state index in [0.717, 1.165) is 0 Å². The number of carboxylic acids is 1. The fourth-order valence-corrected chi connectivity index (χ4v) is 6.31. The first-order chi connectivity index (χ1) is 20.1. The maximum absolute atomic E-state index is 14.0. The van der Waals surface area contributed by atoms with Crippen LogP contribution in [0.25, 0.3) is 6.08 Å². The van der Waals surface area contributed by atoms with Gasteiger partial charge in [-0.25, -0.2) is 14.6 Å². The molecular weight excluding hydrogens is 679 g/mol. The largest absolute Gasteiger partial charge is 0.493 e. The Morgan fingerprint density at radius 2 is 1.81 bits per heavy atom. The average molecular weight is 709 g/mol. The lowest BCUT2D eigenvalue weighted by molar-refractivity contribution is -0.140. The van der Waals surface area contributed by atoms with Crippen LogP contribution in [0.2, 0.25) is 0 Å². The van der Waals surface area contributed by atoms with E-state index in [2.05, 4.69) is 4.99 Å². The lowest BCUT2D eigenvalue weighted by atomic mass is 9.95. The summed E-state index contributed by atoms with van der Waals surface area (Å²) in [6.07, 6.45) is 1.69. The molecule has 0 bridgehead atoms. The van der Waals surface area contributed by atoms with Gasteiger partial charge in [0.2, 0.25) is 0 Å². The van der Waals surface area contributed by atoms with Gasteiger partial charge >= 0.3 is 11.9 Å². The molecule has 0 saturated heterocycles. The van der Waals surface area contributed by atoms with Crippen molar-refractivity contribution in [2.75, 3.05) is 34.0 Å². The minimum atomic E-state index is -1.12. The summed E-state index contributed by atoms with van der Waals surface area (Å²) in [5, 5.41) is 9.00. The van der Waals surface area contributed by atoms with Crippen LogP contribution < -0.4 is 33.8 Å². The Bertz CT molecular complexity index is 1740. The zero-order valence-corrected chi connectivity index (χ0v) is 26.5. The maximum Gasteiger partial charge on any atom is 0.341 e. The molecule has 2 heterocycles. The maximum atomic E-state index is 14.0. The molecular formula is C29H29IN2O9S. The topological polar surface area (TPSA) is 135 Å². The van der Waals surface area contributed by atoms with Crippen LogP contribution in [-0.2, 0) is 14.3 Å². The molecule has 1 atom stereocenters. The number of methoxy groups -OCH3 is 2. The molecule has 42 heavy (non-hydrogen) atoms. The second kappa shape index (κ2) is 13.4. The van der Waals surface area contributed by atoms with Crippen LogP contribution >= 0.6 is 33.9 Å². The van der Waals surface area contributed by atoms with Gasteiger partial charge in [-0.15, -0.1) is 0 Å². The Hall–Kier alpha value is -3.85. The zero-order chi connectivity index (χ0) is 30.6. The lowest BCUT2D eigenvalue weighted by Gasteiger charge is -2.25. The first-order valence-electron chi connectivity index (χ1n) is 12.9. The first kappa shape index (κ1) is 31.1. The number of aliphatic carboxylic acids is 1. The van der Waals surface area contributed by atoms with E-state index >= 15 is 0 Å². The highest BCUT2D eigenvalue weighted by Crippen LogP contribution is 2.37. The minimum Gasteiger partial charge on any atom is -0.493 e. The number of nitrogens with zero attached hydrogens (tertiary/aromatic N) is 2. The molecule has 0 aliphatic carbocycles. The van der Waals surface area contributed by atoms with Crippen LogP contribution in [0.15, 0.2) is 51.4 Å². The molecule has 1 aliphatic rings. The molecule has 11 nitrogen and oxygen atoms in total. The summed E-state index contributed by atoms with van der Waals surface area (Å²) in [5.74, 6) is -0.0750. The monoisotopic (exact) mass is 708 g/mol. The predicted molar refractivity (Wildman–Crippen MR) is 163 cm³/mol. The standard InChI is InChI=1S/C29H29IN2O9S/c1-6-39-20-13-17(8-9-19(20)37-4)25-24(28(36)40-7-2)15(3)31-29-32(25)27(35)22(42-29)12-16-10-18(30)26(21(11-16)38-5)41-14-23(33)34/h8-13,25H,6-7,14H2,1-5H3,(H,33,34)/b22-12-/t25-/m1/s1. The molecule has 1 N–H and O–H groups in total. The van der Waals surface area contributed by atoms with Crippen LogP contribution in [0.3, 0.4) is 0 Å². The number of fused-ring (bicyclic) bond motifs is 1. The van der Waals surface area contributed by atoms with Crippen molar-refractivity contribution in [1.82, 2.24) is 4.57 Å². The molecule has 1 aliphatic heterocycles. The highest BCUT2D eigenvalue weighted by molar-refractivity contribution is 14.1. The number of ether oxygens (including phenoxy) is 5. The third-order valence-corrected chi connectivity index (χ3v) is 7.99. The molecule has 0 unspecified atom stereocenters. The quantitative estimate of drug-likeness (QED) is 0.235. The Morgan fingerprint density at radius 1 is 1.07 bits per heavy atom. The fourth-order valence-electron chi connectivity index (χ4n) is 4.49. The molecule has 0 radical (unpaired) electrons. The van der Waals surface area contributed by atoms with Gasteiger partial charge in [0.1, 0.15) is 0 Å². The van der Waals surface area contributed by atoms with Crippen molar-refractivity contribution in [1.29, 1.82) is 0 Å². The number of carbonyl (C=O) groups excluding carboxylic acids is 1. The van der Waals surface area contributed by atoms with Crippen LogP contribution in [0.1, 0.15) is 37.9 Å². The van der Waals surface area contributed by atoms with Gasteiger partial charge in [-0.05, 0) is 84.8 Å². The number of aromatic nitrogens is 1. The Balaban J connectivity index is 1.91. The van der Waals surface area contributed by atoms with Crippen molar-refractivity contribution in [3.63, 3.8) is 0 Å². The normalized spacial score (nSPS) is 14.6. The molecule has 3 aromatic rings. The smallest absolute Gasteiger partial charge is 0.341 e. The van der Waals surface area contributed by atoms with E-state index in [0.29, 0.717) is 59.3 Å². The molecule has 222 valence electrons. The average Bonchev–Trinajstić information content (AvgIpc) is 3.25. The molecule has 0 spiro atoms. The number of hydrogen-bond acceptors (Lipinski definition) is 10. The summed E-state index contributed by atoms with van der Waals surface area (Å²) >= 11 is 3.20. The minimum absolute atomic E-state index is 0.159. The van der Waals surface area contributed by atoms with E-state index in [1.807, 2.05) is 29.5 Å². The van der Waals surface area contributed by atoms with Gasteiger partial charge in [0, 0.05) is 0 Å². The van der Waals surface area contributed by atoms with Gasteiger partial charge in [0.15, 0.2) is 34.4 Å². The fraction of sp³-hybridized carbons (Fsp3) is 0.310. The van der Waals surface area contributed by atoms with Gasteiger partial charge in [-0.3, -0.25) is 9.36 Å². The summed E-state index contributed by atoms with van der Waals surface area (Å²) in [7, 11) is 2.98. The molecule has 1 aromatic heterocycles.